The Balaban J connectivity index is 1.25. The van der Waals surface area contributed by atoms with Gasteiger partial charge in [0.2, 0.25) is 5.91 Å². The summed E-state index contributed by atoms with van der Waals surface area (Å²) in [6.45, 7) is 2.33. The van der Waals surface area contributed by atoms with Gasteiger partial charge in [0.15, 0.2) is 5.82 Å². The van der Waals surface area contributed by atoms with Crippen molar-refractivity contribution in [2.75, 3.05) is 5.32 Å². The van der Waals surface area contributed by atoms with E-state index < -0.39 is 11.5 Å². The van der Waals surface area contributed by atoms with Gasteiger partial charge in [-0.15, -0.1) is 11.3 Å². The lowest BCUT2D eigenvalue weighted by atomic mass is 9.85. The normalized spacial score (nSPS) is 19.9. The van der Waals surface area contributed by atoms with E-state index in [0.29, 0.717) is 41.6 Å². The van der Waals surface area contributed by atoms with Crippen LogP contribution in [0.4, 0.5) is 5.69 Å². The molecule has 4 aromatic rings. The number of carboxylic acid groups (broad SMARTS) is 1. The zero-order chi connectivity index (χ0) is 30.0. The number of rotatable bonds is 8. The van der Waals surface area contributed by atoms with Crippen LogP contribution in [0.3, 0.4) is 0 Å². The smallest absolute Gasteiger partial charge is 0.328 e. The van der Waals surface area contributed by atoms with Gasteiger partial charge < -0.3 is 20.3 Å². The zero-order valence-corrected chi connectivity index (χ0v) is 25.0. The molecular weight excluding hydrogens is 560 g/mol. The number of aromatic nitrogens is 2. The topological polar surface area (TPSA) is 113 Å². The summed E-state index contributed by atoms with van der Waals surface area (Å²) >= 11 is 1.68. The molecule has 2 aliphatic carbocycles. The molecule has 9 heteroatoms. The molecule has 0 radical (unpaired) electrons. The lowest BCUT2D eigenvalue weighted by molar-refractivity contribution is -0.131. The van der Waals surface area contributed by atoms with Gasteiger partial charge in [-0.2, -0.15) is 0 Å². The average molecular weight is 597 g/mol. The number of hydrogen-bond acceptors (Lipinski definition) is 5. The largest absolute Gasteiger partial charge is 0.478 e. The monoisotopic (exact) mass is 596 g/mol. The number of carbonyl (C=O) groups is 3. The first-order chi connectivity index (χ1) is 20.8. The Morgan fingerprint density at radius 2 is 1.79 bits per heavy atom. The molecule has 0 unspecified atom stereocenters. The molecular formula is C34H36N4O4S. The second kappa shape index (κ2) is 12.2. The summed E-state index contributed by atoms with van der Waals surface area (Å²) in [6, 6.07) is 17.2. The summed E-state index contributed by atoms with van der Waals surface area (Å²) < 4.78 is 2.39. The maximum atomic E-state index is 13.7. The number of imidazole rings is 1. The van der Waals surface area contributed by atoms with Crippen molar-refractivity contribution in [3.63, 3.8) is 0 Å². The van der Waals surface area contributed by atoms with Gasteiger partial charge in [0.05, 0.1) is 15.9 Å². The van der Waals surface area contributed by atoms with E-state index in [0.717, 1.165) is 47.1 Å². The van der Waals surface area contributed by atoms with Crippen LogP contribution in [0.1, 0.15) is 80.3 Å². The molecule has 6 rings (SSSR count). The lowest BCUT2D eigenvalue weighted by Gasteiger charge is -2.31. The number of nitrogens with one attached hydrogen (secondary N) is 2. The van der Waals surface area contributed by atoms with Gasteiger partial charge in [0.25, 0.3) is 5.91 Å². The third-order valence-electron chi connectivity index (χ3n) is 8.92. The number of amides is 2. The van der Waals surface area contributed by atoms with Crippen LogP contribution in [0, 0.1) is 5.92 Å². The van der Waals surface area contributed by atoms with E-state index >= 15 is 0 Å². The Morgan fingerprint density at radius 3 is 2.49 bits per heavy atom. The summed E-state index contributed by atoms with van der Waals surface area (Å²) in [7, 11) is 0. The van der Waals surface area contributed by atoms with Gasteiger partial charge in [-0.05, 0) is 85.0 Å². The van der Waals surface area contributed by atoms with E-state index in [9.17, 15) is 14.4 Å². The number of nitrogens with zero attached hydrogens (tertiary/aromatic N) is 2. The van der Waals surface area contributed by atoms with Crippen LogP contribution < -0.4 is 10.6 Å². The number of thiophene rings is 1. The van der Waals surface area contributed by atoms with Crippen molar-refractivity contribution < 1.29 is 19.5 Å². The van der Waals surface area contributed by atoms with Crippen LogP contribution in [0.2, 0.25) is 0 Å². The highest BCUT2D eigenvalue weighted by atomic mass is 32.1. The molecule has 0 aliphatic heterocycles. The Morgan fingerprint density at radius 1 is 1.02 bits per heavy atom. The summed E-state index contributed by atoms with van der Waals surface area (Å²) in [5.41, 5.74) is 2.60. The van der Waals surface area contributed by atoms with Crippen molar-refractivity contribution in [1.29, 1.82) is 0 Å². The molecule has 0 bridgehead atoms. The Kier molecular flexibility index (Phi) is 8.17. The van der Waals surface area contributed by atoms with Crippen LogP contribution >= 0.6 is 11.3 Å². The van der Waals surface area contributed by atoms with Gasteiger partial charge in [-0.3, -0.25) is 9.59 Å². The second-order valence-corrected chi connectivity index (χ2v) is 12.8. The van der Waals surface area contributed by atoms with Crippen LogP contribution in [0.15, 0.2) is 66.1 Å². The van der Waals surface area contributed by atoms with Crippen molar-refractivity contribution in [3.8, 4) is 10.7 Å². The average Bonchev–Trinajstić information content (AvgIpc) is 3.77. The predicted octanol–water partition coefficient (Wildman–Crippen LogP) is 7.30. The minimum absolute atomic E-state index is 0.246. The molecule has 2 aliphatic rings. The van der Waals surface area contributed by atoms with Crippen LogP contribution in [-0.4, -0.2) is 38.0 Å². The Bertz CT molecular complexity index is 1670. The molecule has 2 heterocycles. The molecule has 2 amide bonds. The highest BCUT2D eigenvalue weighted by molar-refractivity contribution is 7.13. The number of hydrogen-bond donors (Lipinski definition) is 3. The number of aliphatic carboxylic acids is 1. The molecule has 222 valence electrons. The molecule has 3 N–H and O–H groups in total. The van der Waals surface area contributed by atoms with Crippen molar-refractivity contribution in [1.82, 2.24) is 14.9 Å². The second-order valence-electron chi connectivity index (χ2n) is 11.8. The van der Waals surface area contributed by atoms with Crippen LogP contribution in [0.5, 0.6) is 0 Å². The Hall–Kier alpha value is -4.24. The van der Waals surface area contributed by atoms with Crippen molar-refractivity contribution in [3.05, 3.63) is 77.2 Å². The van der Waals surface area contributed by atoms with Crippen molar-refractivity contribution in [2.24, 2.45) is 5.92 Å². The third kappa shape index (κ3) is 5.99. The highest BCUT2D eigenvalue weighted by Crippen LogP contribution is 2.40. The number of anilines is 1. The minimum atomic E-state index is -1.02. The number of fused-ring (bicyclic) bond motifs is 1. The molecule has 2 aromatic heterocycles. The maximum Gasteiger partial charge on any atom is 0.328 e. The molecule has 2 saturated carbocycles. The van der Waals surface area contributed by atoms with E-state index in [1.54, 1.807) is 35.6 Å². The first-order valence-corrected chi connectivity index (χ1v) is 15.9. The molecule has 0 spiro atoms. The van der Waals surface area contributed by atoms with E-state index in [4.69, 9.17) is 10.1 Å². The first kappa shape index (κ1) is 28.9. The molecule has 2 atom stereocenters. The Labute approximate surface area is 254 Å². The summed E-state index contributed by atoms with van der Waals surface area (Å²) in [5.74, 6) is -0.0517. The first-order valence-electron chi connectivity index (χ1n) is 15.0. The van der Waals surface area contributed by atoms with Crippen LogP contribution in [-0.2, 0) is 9.59 Å². The SMILES string of the molecule is C[C@@H]1CCCC[C@H]1n1c(-c2cccs2)nc2cc(C(=O)NC3(C(=O)Nc4ccc(/C=C/C(=O)O)cc4)CCCC3)ccc21. The van der Waals surface area contributed by atoms with E-state index in [2.05, 4.69) is 33.6 Å². The zero-order valence-electron chi connectivity index (χ0n) is 24.2. The lowest BCUT2D eigenvalue weighted by Crippen LogP contribution is -2.55. The summed E-state index contributed by atoms with van der Waals surface area (Å²) in [4.78, 5) is 44.2. The minimum Gasteiger partial charge on any atom is -0.478 e. The van der Waals surface area contributed by atoms with Crippen LogP contribution in [0.25, 0.3) is 27.8 Å². The fourth-order valence-electron chi connectivity index (χ4n) is 6.61. The van der Waals surface area contributed by atoms with Crippen molar-refractivity contribution in [2.45, 2.75) is 69.9 Å². The van der Waals surface area contributed by atoms with Gasteiger partial charge in [0, 0.05) is 23.4 Å². The van der Waals surface area contributed by atoms with Gasteiger partial charge in [0.1, 0.15) is 5.54 Å². The summed E-state index contributed by atoms with van der Waals surface area (Å²) in [5, 5.41) is 17.0. The standard InChI is InChI=1S/C34H36N4O4S/c1-22-7-2-3-8-27(22)38-28-16-13-24(21-26(28)36-31(38)29-9-6-20-43-29)32(41)37-34(18-4-5-19-34)33(42)35-25-14-10-23(11-15-25)12-17-30(39)40/h6,9-17,20-22,27H,2-5,7-8,18-19H2,1H3,(H,35,42)(H,37,41)(H,39,40)/b17-12+/t22-,27-/m1/s1. The fraction of sp³-hybridized carbons (Fsp3) is 0.353. The molecule has 2 aromatic carbocycles. The predicted molar refractivity (Wildman–Crippen MR) is 170 cm³/mol. The molecule has 2 fully saturated rings. The fourth-order valence-corrected chi connectivity index (χ4v) is 7.32. The molecule has 43 heavy (non-hydrogen) atoms. The number of carbonyl (C=O) groups excluding carboxylic acids is 2. The number of benzene rings is 2. The van der Waals surface area contributed by atoms with E-state index in [-0.39, 0.29) is 11.8 Å². The number of carboxylic acids is 1. The quantitative estimate of drug-likeness (QED) is 0.185. The van der Waals surface area contributed by atoms with Gasteiger partial charge in [-0.1, -0.05) is 50.8 Å². The summed E-state index contributed by atoms with van der Waals surface area (Å²) in [6.07, 6.45) is 10.1. The van der Waals surface area contributed by atoms with Gasteiger partial charge >= 0.3 is 5.97 Å². The molecule has 8 nitrogen and oxygen atoms in total. The van der Waals surface area contributed by atoms with Crippen molar-refractivity contribution >= 4 is 51.9 Å². The third-order valence-corrected chi connectivity index (χ3v) is 9.79. The van der Waals surface area contributed by atoms with E-state index in [1.165, 1.54) is 25.3 Å². The van der Waals surface area contributed by atoms with E-state index in [1.807, 2.05) is 24.3 Å². The maximum absolute atomic E-state index is 13.7. The highest BCUT2D eigenvalue weighted by Gasteiger charge is 2.42. The van der Waals surface area contributed by atoms with Gasteiger partial charge in [-0.25, -0.2) is 9.78 Å². The molecule has 0 saturated heterocycles.